The second kappa shape index (κ2) is 9.93. The van der Waals surface area contributed by atoms with Gasteiger partial charge in [-0.2, -0.15) is 5.10 Å². The van der Waals surface area contributed by atoms with Gasteiger partial charge in [0.2, 0.25) is 11.8 Å². The molecule has 1 N–H and O–H groups in total. The first-order valence-corrected chi connectivity index (χ1v) is 10.7. The molecule has 3 heterocycles. The normalized spacial score (nSPS) is 15.1. The number of rotatable bonds is 7. The summed E-state index contributed by atoms with van der Waals surface area (Å²) in [5.41, 5.74) is 1.58. The lowest BCUT2D eigenvalue weighted by molar-refractivity contribution is -0.130. The monoisotopic (exact) mass is 433 g/mol. The van der Waals surface area contributed by atoms with Crippen LogP contribution in [-0.2, 0) is 16.1 Å². The molecule has 0 spiro atoms. The largest absolute Gasteiger partial charge is 0.360 e. The van der Waals surface area contributed by atoms with Crippen molar-refractivity contribution in [3.8, 4) is 0 Å². The Morgan fingerprint density at radius 2 is 2.07 bits per heavy atom. The number of carbonyl (C=O) groups excluding carboxylic acids is 2. The molecule has 1 saturated heterocycles. The number of anilines is 1. The van der Waals surface area contributed by atoms with Gasteiger partial charge < -0.3 is 14.7 Å². The lowest BCUT2D eigenvalue weighted by Crippen LogP contribution is -2.40. The molecule has 0 aromatic carbocycles. The number of hydrogen-bond acceptors (Lipinski definition) is 5. The van der Waals surface area contributed by atoms with E-state index in [0.717, 1.165) is 30.6 Å². The highest BCUT2D eigenvalue weighted by molar-refractivity contribution is 6.31. The van der Waals surface area contributed by atoms with Crippen LogP contribution in [-0.4, -0.2) is 44.7 Å². The molecule has 0 aliphatic carbocycles. The predicted molar refractivity (Wildman–Crippen MR) is 115 cm³/mol. The summed E-state index contributed by atoms with van der Waals surface area (Å²) >= 11 is 6.42. The fourth-order valence-electron chi connectivity index (χ4n) is 3.49. The lowest BCUT2D eigenvalue weighted by Gasteiger charge is -2.30. The molecule has 2 amide bonds. The number of aryl methyl sites for hydroxylation is 3. The summed E-state index contributed by atoms with van der Waals surface area (Å²) < 4.78 is 6.74. The highest BCUT2D eigenvalue weighted by Crippen LogP contribution is 2.23. The van der Waals surface area contributed by atoms with Gasteiger partial charge in [-0.3, -0.25) is 14.3 Å². The van der Waals surface area contributed by atoms with Crippen molar-refractivity contribution in [1.29, 1.82) is 0 Å². The fourth-order valence-corrected chi connectivity index (χ4v) is 3.81. The lowest BCUT2D eigenvalue weighted by atomic mass is 9.96. The van der Waals surface area contributed by atoms with Gasteiger partial charge in [-0.1, -0.05) is 30.1 Å². The number of likely N-dealkylation sites (tertiary alicyclic amines) is 1. The van der Waals surface area contributed by atoms with Crippen LogP contribution in [0.4, 0.5) is 5.82 Å². The Balaban J connectivity index is 1.53. The molecule has 1 fully saturated rings. The maximum absolute atomic E-state index is 12.6. The van der Waals surface area contributed by atoms with E-state index >= 15 is 0 Å². The molecule has 0 unspecified atom stereocenters. The number of carbonyl (C=O) groups is 2. The summed E-state index contributed by atoms with van der Waals surface area (Å²) in [6.45, 7) is 7.60. The summed E-state index contributed by atoms with van der Waals surface area (Å²) in [5, 5.41) is 11.6. The number of nitrogens with zero attached hydrogens (tertiary/aromatic N) is 4. The van der Waals surface area contributed by atoms with E-state index in [1.54, 1.807) is 34.7 Å². The Morgan fingerprint density at radius 3 is 2.70 bits per heavy atom. The molecule has 2 aromatic heterocycles. The highest BCUT2D eigenvalue weighted by Gasteiger charge is 2.27. The van der Waals surface area contributed by atoms with Crippen LogP contribution in [0.5, 0.6) is 0 Å². The van der Waals surface area contributed by atoms with Crippen LogP contribution < -0.4 is 5.32 Å². The Kier molecular flexibility index (Phi) is 7.31. The number of nitrogens with one attached hydrogen (secondary N) is 1. The third kappa shape index (κ3) is 5.30. The number of halogens is 1. The number of piperidine rings is 1. The third-order valence-electron chi connectivity index (χ3n) is 5.28. The number of amides is 2. The van der Waals surface area contributed by atoms with Gasteiger partial charge in [-0.25, -0.2) is 0 Å². The molecule has 162 valence electrons. The molecule has 0 bridgehead atoms. The second-order valence-corrected chi connectivity index (χ2v) is 7.97. The van der Waals surface area contributed by atoms with Crippen LogP contribution in [0.3, 0.4) is 0 Å². The first-order chi connectivity index (χ1) is 14.4. The summed E-state index contributed by atoms with van der Waals surface area (Å²) in [6.07, 6.45) is 6.56. The minimum atomic E-state index is -0.150. The Hall–Kier alpha value is -2.61. The average molecular weight is 434 g/mol. The van der Waals surface area contributed by atoms with Crippen molar-refractivity contribution in [1.82, 2.24) is 19.8 Å². The Bertz CT molecular complexity index is 925. The van der Waals surface area contributed by atoms with Gasteiger partial charge in [0.05, 0.1) is 5.69 Å². The molecule has 1 aliphatic heterocycles. The Labute approximate surface area is 181 Å². The number of hydrogen-bond donors (Lipinski definition) is 1. The quantitative estimate of drug-likeness (QED) is 0.669. The smallest absolute Gasteiger partial charge is 0.246 e. The van der Waals surface area contributed by atoms with E-state index in [1.807, 2.05) is 6.92 Å². The van der Waals surface area contributed by atoms with Gasteiger partial charge in [0, 0.05) is 43.3 Å². The fraction of sp³-hybridized carbons (Fsp3) is 0.524. The summed E-state index contributed by atoms with van der Waals surface area (Å²) in [6, 6.07) is 1.68. The summed E-state index contributed by atoms with van der Waals surface area (Å²) in [4.78, 5) is 26.7. The van der Waals surface area contributed by atoms with E-state index in [0.29, 0.717) is 42.7 Å². The molecule has 3 rings (SSSR count). The zero-order valence-corrected chi connectivity index (χ0v) is 18.4. The molecule has 0 radical (unpaired) electrons. The third-order valence-corrected chi connectivity index (χ3v) is 5.68. The first kappa shape index (κ1) is 22.1. The van der Waals surface area contributed by atoms with Crippen molar-refractivity contribution in [2.24, 2.45) is 5.92 Å². The van der Waals surface area contributed by atoms with Crippen molar-refractivity contribution < 1.29 is 14.1 Å². The highest BCUT2D eigenvalue weighted by atomic mass is 35.5. The van der Waals surface area contributed by atoms with Crippen molar-refractivity contribution in [2.75, 3.05) is 18.4 Å². The van der Waals surface area contributed by atoms with Gasteiger partial charge in [0.1, 0.15) is 10.9 Å². The van der Waals surface area contributed by atoms with E-state index < -0.39 is 0 Å². The van der Waals surface area contributed by atoms with Crippen LogP contribution in [0.2, 0.25) is 5.15 Å². The molecule has 2 aromatic rings. The zero-order valence-electron chi connectivity index (χ0n) is 17.7. The van der Waals surface area contributed by atoms with E-state index in [1.165, 1.54) is 0 Å². The van der Waals surface area contributed by atoms with E-state index in [2.05, 4.69) is 22.5 Å². The minimum absolute atomic E-state index is 0.0854. The van der Waals surface area contributed by atoms with Crippen LogP contribution in [0.25, 0.3) is 6.08 Å². The molecule has 8 nitrogen and oxygen atoms in total. The van der Waals surface area contributed by atoms with Crippen molar-refractivity contribution in [3.05, 3.63) is 34.3 Å². The topological polar surface area (TPSA) is 93.3 Å². The maximum atomic E-state index is 12.6. The standard InChI is InChI=1S/C21H28ClN5O3/c1-4-5-10-27-20(22)17(15(3)24-27)6-7-19(28)26-11-8-16(9-12-26)21(29)23-18-13-14(2)30-25-18/h6-7,13,16H,4-5,8-12H2,1-3H3,(H,23,25,29)/b7-6+. The second-order valence-electron chi connectivity index (χ2n) is 7.61. The molecular weight excluding hydrogens is 406 g/mol. The SMILES string of the molecule is CCCCn1nc(C)c(/C=C/C(=O)N2CCC(C(=O)Nc3cc(C)on3)CC2)c1Cl. The maximum Gasteiger partial charge on any atom is 0.246 e. The summed E-state index contributed by atoms with van der Waals surface area (Å²) in [5.74, 6) is 0.739. The van der Waals surface area contributed by atoms with Crippen molar-refractivity contribution >= 4 is 35.3 Å². The van der Waals surface area contributed by atoms with Gasteiger partial charge in [-0.15, -0.1) is 0 Å². The van der Waals surface area contributed by atoms with Crippen LogP contribution >= 0.6 is 11.6 Å². The van der Waals surface area contributed by atoms with Crippen molar-refractivity contribution in [2.45, 2.75) is 53.0 Å². The molecule has 9 heteroatoms. The van der Waals surface area contributed by atoms with Gasteiger partial charge in [-0.05, 0) is 39.2 Å². The molecule has 1 aliphatic rings. The Morgan fingerprint density at radius 1 is 1.33 bits per heavy atom. The van der Waals surface area contributed by atoms with Gasteiger partial charge in [0.25, 0.3) is 0 Å². The van der Waals surface area contributed by atoms with Crippen LogP contribution in [0.1, 0.15) is 49.6 Å². The number of unbranched alkanes of at least 4 members (excludes halogenated alkanes) is 1. The van der Waals surface area contributed by atoms with Crippen LogP contribution in [0.15, 0.2) is 16.7 Å². The predicted octanol–water partition coefficient (Wildman–Crippen LogP) is 3.83. The summed E-state index contributed by atoms with van der Waals surface area (Å²) in [7, 11) is 0. The average Bonchev–Trinajstić information content (AvgIpc) is 3.26. The number of aromatic nitrogens is 3. The van der Waals surface area contributed by atoms with Crippen molar-refractivity contribution in [3.63, 3.8) is 0 Å². The first-order valence-electron chi connectivity index (χ1n) is 10.3. The van der Waals surface area contributed by atoms with E-state index in [-0.39, 0.29) is 17.7 Å². The zero-order chi connectivity index (χ0) is 21.7. The molecule has 0 saturated carbocycles. The van der Waals surface area contributed by atoms with E-state index in [4.69, 9.17) is 16.1 Å². The molecular formula is C21H28ClN5O3. The minimum Gasteiger partial charge on any atom is -0.360 e. The van der Waals surface area contributed by atoms with E-state index in [9.17, 15) is 9.59 Å². The van der Waals surface area contributed by atoms with Crippen LogP contribution in [0, 0.1) is 19.8 Å². The van der Waals surface area contributed by atoms with Gasteiger partial charge in [0.15, 0.2) is 5.82 Å². The molecule has 30 heavy (non-hydrogen) atoms. The molecule has 0 atom stereocenters. The van der Waals surface area contributed by atoms with Gasteiger partial charge >= 0.3 is 0 Å².